The standard InChI is InChI=1S/C11H13Cl2F3N2/c1-2-3-18(6-11(14,15)16)10-8(12)4-7(17)5-9(10)13/h4-5H,2-3,6,17H2,1H3. The third kappa shape index (κ3) is 4.14. The molecule has 0 bridgehead atoms. The Morgan fingerprint density at radius 2 is 1.72 bits per heavy atom. The van der Waals surface area contributed by atoms with Gasteiger partial charge in [0.25, 0.3) is 0 Å². The molecule has 0 unspecified atom stereocenters. The van der Waals surface area contributed by atoms with Crippen LogP contribution < -0.4 is 10.6 Å². The predicted octanol–water partition coefficient (Wildman–Crippen LogP) is 4.35. The van der Waals surface area contributed by atoms with Gasteiger partial charge in [-0.2, -0.15) is 13.2 Å². The van der Waals surface area contributed by atoms with E-state index in [0.29, 0.717) is 12.1 Å². The second kappa shape index (κ2) is 5.89. The lowest BCUT2D eigenvalue weighted by atomic mass is 10.2. The largest absolute Gasteiger partial charge is 0.405 e. The summed E-state index contributed by atoms with van der Waals surface area (Å²) >= 11 is 11.8. The molecular formula is C11H13Cl2F3N2. The smallest absolute Gasteiger partial charge is 0.399 e. The molecule has 2 nitrogen and oxygen atoms in total. The topological polar surface area (TPSA) is 29.3 Å². The van der Waals surface area contributed by atoms with Gasteiger partial charge in [-0.15, -0.1) is 0 Å². The van der Waals surface area contributed by atoms with Gasteiger partial charge in [0.15, 0.2) is 0 Å². The van der Waals surface area contributed by atoms with Crippen molar-refractivity contribution in [2.24, 2.45) is 0 Å². The number of hydrogen-bond donors (Lipinski definition) is 1. The minimum atomic E-state index is -4.32. The highest BCUT2D eigenvalue weighted by Gasteiger charge is 2.32. The Bertz CT molecular complexity index is 398. The Kier molecular flexibility index (Phi) is 4.99. The van der Waals surface area contributed by atoms with Crippen LogP contribution in [0.15, 0.2) is 12.1 Å². The number of benzene rings is 1. The molecule has 0 aliphatic heterocycles. The fourth-order valence-corrected chi connectivity index (χ4v) is 2.39. The number of alkyl halides is 3. The van der Waals surface area contributed by atoms with E-state index in [4.69, 9.17) is 28.9 Å². The highest BCUT2D eigenvalue weighted by Crippen LogP contribution is 2.37. The van der Waals surface area contributed by atoms with Crippen molar-refractivity contribution in [3.05, 3.63) is 22.2 Å². The normalized spacial score (nSPS) is 11.7. The van der Waals surface area contributed by atoms with E-state index in [1.807, 2.05) is 0 Å². The average Bonchev–Trinajstić information content (AvgIpc) is 2.13. The molecule has 1 aromatic carbocycles. The molecule has 0 atom stereocenters. The van der Waals surface area contributed by atoms with Gasteiger partial charge in [0, 0.05) is 12.2 Å². The van der Waals surface area contributed by atoms with Gasteiger partial charge in [-0.1, -0.05) is 30.1 Å². The molecule has 0 saturated carbocycles. The Labute approximate surface area is 113 Å². The van der Waals surface area contributed by atoms with Gasteiger partial charge < -0.3 is 10.6 Å². The van der Waals surface area contributed by atoms with Gasteiger partial charge in [-0.3, -0.25) is 0 Å². The van der Waals surface area contributed by atoms with Crippen LogP contribution in [0.1, 0.15) is 13.3 Å². The van der Waals surface area contributed by atoms with Gasteiger partial charge in [0.2, 0.25) is 0 Å². The molecule has 0 aliphatic rings. The maximum absolute atomic E-state index is 12.5. The molecule has 0 saturated heterocycles. The average molecular weight is 301 g/mol. The van der Waals surface area contributed by atoms with E-state index in [9.17, 15) is 13.2 Å². The number of anilines is 2. The van der Waals surface area contributed by atoms with Crippen molar-refractivity contribution < 1.29 is 13.2 Å². The highest BCUT2D eigenvalue weighted by atomic mass is 35.5. The van der Waals surface area contributed by atoms with Crippen molar-refractivity contribution in [3.63, 3.8) is 0 Å². The van der Waals surface area contributed by atoms with Gasteiger partial charge in [0.05, 0.1) is 15.7 Å². The number of halogens is 5. The fourth-order valence-electron chi connectivity index (χ4n) is 1.64. The molecule has 7 heteroatoms. The summed E-state index contributed by atoms with van der Waals surface area (Å²) in [6.45, 7) is 0.898. The Morgan fingerprint density at radius 1 is 1.22 bits per heavy atom. The highest BCUT2D eigenvalue weighted by molar-refractivity contribution is 6.39. The molecule has 0 aliphatic carbocycles. The van der Waals surface area contributed by atoms with Crippen LogP contribution >= 0.6 is 23.2 Å². The predicted molar refractivity (Wildman–Crippen MR) is 69.4 cm³/mol. The van der Waals surface area contributed by atoms with Crippen molar-refractivity contribution in [1.29, 1.82) is 0 Å². The molecule has 0 amide bonds. The lowest BCUT2D eigenvalue weighted by molar-refractivity contribution is -0.119. The second-order valence-electron chi connectivity index (χ2n) is 3.87. The summed E-state index contributed by atoms with van der Waals surface area (Å²) in [6.07, 6.45) is -3.77. The first-order valence-corrected chi connectivity index (χ1v) is 6.06. The molecule has 0 fully saturated rings. The van der Waals surface area contributed by atoms with E-state index in [2.05, 4.69) is 0 Å². The summed E-state index contributed by atoms with van der Waals surface area (Å²) < 4.78 is 37.5. The number of nitrogen functional groups attached to an aromatic ring is 1. The molecule has 2 N–H and O–H groups in total. The third-order valence-corrected chi connectivity index (χ3v) is 2.80. The minimum absolute atomic E-state index is 0.123. The van der Waals surface area contributed by atoms with E-state index in [-0.39, 0.29) is 22.3 Å². The Balaban J connectivity index is 3.13. The van der Waals surface area contributed by atoms with Crippen LogP contribution in [0.3, 0.4) is 0 Å². The number of nitrogens with zero attached hydrogens (tertiary/aromatic N) is 1. The summed E-state index contributed by atoms with van der Waals surface area (Å²) in [6, 6.07) is 2.78. The maximum atomic E-state index is 12.5. The molecule has 0 spiro atoms. The first-order chi connectivity index (χ1) is 8.24. The molecule has 0 aromatic heterocycles. The summed E-state index contributed by atoms with van der Waals surface area (Å²) in [4.78, 5) is 1.12. The first kappa shape index (κ1) is 15.2. The summed E-state index contributed by atoms with van der Waals surface area (Å²) in [5.74, 6) is 0. The second-order valence-corrected chi connectivity index (χ2v) is 4.68. The van der Waals surface area contributed by atoms with E-state index in [0.717, 1.165) is 4.90 Å². The molecule has 0 heterocycles. The fraction of sp³-hybridized carbons (Fsp3) is 0.455. The van der Waals surface area contributed by atoms with Crippen LogP contribution in [-0.4, -0.2) is 19.3 Å². The molecule has 1 aromatic rings. The van der Waals surface area contributed by atoms with Gasteiger partial charge >= 0.3 is 6.18 Å². The molecule has 1 rings (SSSR count). The van der Waals surface area contributed by atoms with Crippen molar-refractivity contribution in [3.8, 4) is 0 Å². The van der Waals surface area contributed by atoms with E-state index >= 15 is 0 Å². The maximum Gasteiger partial charge on any atom is 0.405 e. The lowest BCUT2D eigenvalue weighted by Gasteiger charge is -2.27. The van der Waals surface area contributed by atoms with Gasteiger partial charge in [-0.25, -0.2) is 0 Å². The number of rotatable bonds is 4. The van der Waals surface area contributed by atoms with Gasteiger partial charge in [-0.05, 0) is 18.6 Å². The Morgan fingerprint density at radius 3 is 2.11 bits per heavy atom. The van der Waals surface area contributed by atoms with E-state index < -0.39 is 12.7 Å². The van der Waals surface area contributed by atoms with Crippen LogP contribution in [0.2, 0.25) is 10.0 Å². The third-order valence-electron chi connectivity index (χ3n) is 2.22. The van der Waals surface area contributed by atoms with Crippen LogP contribution in [0, 0.1) is 0 Å². The monoisotopic (exact) mass is 300 g/mol. The summed E-state index contributed by atoms with van der Waals surface area (Å²) in [5.41, 5.74) is 6.01. The minimum Gasteiger partial charge on any atom is -0.399 e. The number of hydrogen-bond acceptors (Lipinski definition) is 2. The molecule has 0 radical (unpaired) electrons. The van der Waals surface area contributed by atoms with Crippen molar-refractivity contribution in [2.45, 2.75) is 19.5 Å². The first-order valence-electron chi connectivity index (χ1n) is 5.31. The van der Waals surface area contributed by atoms with E-state index in [1.165, 1.54) is 12.1 Å². The molecular weight excluding hydrogens is 288 g/mol. The van der Waals surface area contributed by atoms with Crippen molar-refractivity contribution in [1.82, 2.24) is 0 Å². The molecule has 102 valence electrons. The SMILES string of the molecule is CCCN(CC(F)(F)F)c1c(Cl)cc(N)cc1Cl. The van der Waals surface area contributed by atoms with Gasteiger partial charge in [0.1, 0.15) is 6.54 Å². The summed E-state index contributed by atoms with van der Waals surface area (Å²) in [5, 5.41) is 0.246. The van der Waals surface area contributed by atoms with Crippen LogP contribution in [0.5, 0.6) is 0 Å². The Hall–Kier alpha value is -0.810. The lowest BCUT2D eigenvalue weighted by Crippen LogP contribution is -2.35. The van der Waals surface area contributed by atoms with Crippen LogP contribution in [0.4, 0.5) is 24.5 Å². The zero-order valence-corrected chi connectivity index (χ0v) is 11.2. The number of nitrogens with two attached hydrogens (primary N) is 1. The van der Waals surface area contributed by atoms with Crippen molar-refractivity contribution in [2.75, 3.05) is 23.7 Å². The van der Waals surface area contributed by atoms with Crippen molar-refractivity contribution >= 4 is 34.6 Å². The zero-order valence-electron chi connectivity index (χ0n) is 9.69. The van der Waals surface area contributed by atoms with E-state index in [1.54, 1.807) is 6.92 Å². The quantitative estimate of drug-likeness (QED) is 0.838. The summed E-state index contributed by atoms with van der Waals surface area (Å²) in [7, 11) is 0. The van der Waals surface area contributed by atoms with Crippen LogP contribution in [0.25, 0.3) is 0 Å². The van der Waals surface area contributed by atoms with Crippen LogP contribution in [-0.2, 0) is 0 Å². The zero-order chi connectivity index (χ0) is 13.9. The molecule has 18 heavy (non-hydrogen) atoms.